The Morgan fingerprint density at radius 1 is 1.22 bits per heavy atom. The number of anilines is 2. The second kappa shape index (κ2) is 8.76. The zero-order chi connectivity index (χ0) is 23.0. The lowest BCUT2D eigenvalue weighted by molar-refractivity contribution is -0.143. The van der Waals surface area contributed by atoms with Gasteiger partial charge in [-0.1, -0.05) is 12.1 Å². The Kier molecular flexibility index (Phi) is 6.03. The number of benzene rings is 2. The number of aryl methyl sites for hydroxylation is 1. The summed E-state index contributed by atoms with van der Waals surface area (Å²) in [5.74, 6) is 0.363. The van der Waals surface area contributed by atoms with Gasteiger partial charge in [0.25, 0.3) is 17.2 Å². The molecule has 0 radical (unpaired) electrons. The molecule has 1 aromatic heterocycles. The Hall–Kier alpha value is -3.17. The van der Waals surface area contributed by atoms with E-state index in [2.05, 4.69) is 0 Å². The third kappa shape index (κ3) is 3.67. The first-order chi connectivity index (χ1) is 15.4. The summed E-state index contributed by atoms with van der Waals surface area (Å²) in [4.78, 5) is 26.9. The molecule has 0 aliphatic carbocycles. The second-order valence-corrected chi connectivity index (χ2v) is 8.27. The van der Waals surface area contributed by atoms with Crippen LogP contribution in [0.1, 0.15) is 48.2 Å². The third-order valence-electron chi connectivity index (χ3n) is 5.52. The monoisotopic (exact) mass is 456 g/mol. The lowest BCUT2D eigenvalue weighted by Crippen LogP contribution is -2.32. The van der Waals surface area contributed by atoms with Gasteiger partial charge in [-0.25, -0.2) is 4.21 Å². The van der Waals surface area contributed by atoms with Crippen LogP contribution in [0.15, 0.2) is 46.9 Å². The van der Waals surface area contributed by atoms with Gasteiger partial charge < -0.3 is 14.1 Å². The van der Waals surface area contributed by atoms with E-state index in [-0.39, 0.29) is 18.9 Å². The highest BCUT2D eigenvalue weighted by atomic mass is 32.2. The Balaban J connectivity index is 1.90. The summed E-state index contributed by atoms with van der Waals surface area (Å²) in [7, 11) is 0. The number of hydrogen-bond acceptors (Lipinski definition) is 5. The van der Waals surface area contributed by atoms with E-state index < -0.39 is 23.3 Å². The first-order valence-corrected chi connectivity index (χ1v) is 11.4. The maximum absolute atomic E-state index is 12.8. The fourth-order valence-electron chi connectivity index (χ4n) is 4.21. The van der Waals surface area contributed by atoms with Gasteiger partial charge in [-0.15, -0.1) is 0 Å². The quantitative estimate of drug-likeness (QED) is 0.399. The average molecular weight is 457 g/mol. The van der Waals surface area contributed by atoms with E-state index in [1.165, 1.54) is 4.31 Å². The maximum Gasteiger partial charge on any atom is 0.308 e. The molecular formula is C23H24N2O6S. The number of ether oxygens (including phenoxy) is 1. The van der Waals surface area contributed by atoms with Gasteiger partial charge in [-0.2, -0.15) is 0 Å². The van der Waals surface area contributed by atoms with Crippen LogP contribution in [0.2, 0.25) is 0 Å². The van der Waals surface area contributed by atoms with E-state index in [4.69, 9.17) is 9.15 Å². The Morgan fingerprint density at radius 2 is 2.00 bits per heavy atom. The van der Waals surface area contributed by atoms with Crippen LogP contribution in [-0.2, 0) is 20.8 Å². The van der Waals surface area contributed by atoms with Crippen LogP contribution in [-0.4, -0.2) is 33.8 Å². The third-order valence-corrected chi connectivity index (χ3v) is 6.31. The van der Waals surface area contributed by atoms with Gasteiger partial charge in [0, 0.05) is 22.9 Å². The fraction of sp³-hybridized carbons (Fsp3) is 0.304. The van der Waals surface area contributed by atoms with Gasteiger partial charge in [-0.3, -0.25) is 18.4 Å². The fourth-order valence-corrected chi connectivity index (χ4v) is 4.93. The van der Waals surface area contributed by atoms with Crippen LogP contribution in [0.5, 0.6) is 0 Å². The summed E-state index contributed by atoms with van der Waals surface area (Å²) in [5, 5.41) is 1.36. The van der Waals surface area contributed by atoms with E-state index in [1.807, 2.05) is 6.92 Å². The van der Waals surface area contributed by atoms with Crippen molar-refractivity contribution >= 4 is 45.3 Å². The molecule has 0 bridgehead atoms. The first-order valence-electron chi connectivity index (χ1n) is 10.4. The molecule has 0 spiro atoms. The lowest BCUT2D eigenvalue weighted by atomic mass is 10.0. The van der Waals surface area contributed by atoms with Crippen molar-refractivity contribution in [2.45, 2.75) is 33.2 Å². The molecule has 2 aromatic carbocycles. The summed E-state index contributed by atoms with van der Waals surface area (Å²) in [6, 6.07) is 11.3. The van der Waals surface area contributed by atoms with Crippen molar-refractivity contribution in [1.82, 2.24) is 0 Å². The molecule has 1 aliphatic heterocycles. The van der Waals surface area contributed by atoms with Gasteiger partial charge in [0.2, 0.25) is 0 Å². The number of esters is 1. The highest BCUT2D eigenvalue weighted by Gasteiger charge is 2.35. The van der Waals surface area contributed by atoms with Gasteiger partial charge in [-0.05, 0) is 51.1 Å². The van der Waals surface area contributed by atoms with Crippen LogP contribution in [0, 0.1) is 6.92 Å². The predicted octanol–water partition coefficient (Wildman–Crippen LogP) is 4.36. The van der Waals surface area contributed by atoms with Crippen molar-refractivity contribution in [3.63, 3.8) is 0 Å². The molecule has 9 heteroatoms. The molecule has 8 nitrogen and oxygen atoms in total. The van der Waals surface area contributed by atoms with E-state index in [9.17, 15) is 18.4 Å². The van der Waals surface area contributed by atoms with E-state index in [1.54, 1.807) is 61.2 Å². The molecule has 1 aliphatic rings. The summed E-state index contributed by atoms with van der Waals surface area (Å²) in [6.45, 7) is 6.06. The molecule has 168 valence electrons. The minimum absolute atomic E-state index is 0.105. The molecule has 0 saturated heterocycles. The molecule has 2 heterocycles. The van der Waals surface area contributed by atoms with Crippen molar-refractivity contribution in [1.29, 1.82) is 0 Å². The normalized spacial score (nSPS) is 14.6. The van der Waals surface area contributed by atoms with Crippen LogP contribution in [0.3, 0.4) is 0 Å². The van der Waals surface area contributed by atoms with Crippen molar-refractivity contribution in [3.8, 4) is 0 Å². The number of carbonyl (C=O) groups excluding carboxylic acids is 2. The minimum atomic E-state index is -2.50. The SMILES string of the molecule is CCOC(=O)CC(c1ccc(C)o1)N(c1ccc2c3c(cccc13)C(=O)N2CC)S(=O)O. The number of rotatable bonds is 8. The Bertz CT molecular complexity index is 1220. The van der Waals surface area contributed by atoms with Gasteiger partial charge in [0.05, 0.1) is 24.4 Å². The van der Waals surface area contributed by atoms with Crippen LogP contribution < -0.4 is 9.21 Å². The molecule has 0 fully saturated rings. The van der Waals surface area contributed by atoms with Crippen LogP contribution >= 0.6 is 0 Å². The van der Waals surface area contributed by atoms with Crippen molar-refractivity contribution < 1.29 is 27.5 Å². The molecule has 3 aromatic rings. The molecule has 0 saturated carbocycles. The second-order valence-electron chi connectivity index (χ2n) is 7.41. The smallest absolute Gasteiger partial charge is 0.308 e. The summed E-state index contributed by atoms with van der Waals surface area (Å²) in [6.07, 6.45) is -0.184. The predicted molar refractivity (Wildman–Crippen MR) is 122 cm³/mol. The zero-order valence-corrected chi connectivity index (χ0v) is 18.8. The van der Waals surface area contributed by atoms with Crippen molar-refractivity contribution in [2.24, 2.45) is 0 Å². The van der Waals surface area contributed by atoms with Gasteiger partial charge >= 0.3 is 5.97 Å². The van der Waals surface area contributed by atoms with E-state index >= 15 is 0 Å². The zero-order valence-electron chi connectivity index (χ0n) is 18.0. The number of amides is 1. The Labute approximate surface area is 188 Å². The highest BCUT2D eigenvalue weighted by molar-refractivity contribution is 7.80. The molecule has 1 amide bonds. The molecule has 2 unspecified atom stereocenters. The molecular weight excluding hydrogens is 432 g/mol. The van der Waals surface area contributed by atoms with Crippen molar-refractivity contribution in [2.75, 3.05) is 22.4 Å². The number of furan rings is 1. The minimum Gasteiger partial charge on any atom is -0.466 e. The molecule has 4 rings (SSSR count). The number of hydrogen-bond donors (Lipinski definition) is 1. The summed E-state index contributed by atoms with van der Waals surface area (Å²) < 4.78 is 35.1. The van der Waals surface area contributed by atoms with Crippen LogP contribution in [0.4, 0.5) is 11.4 Å². The highest BCUT2D eigenvalue weighted by Crippen LogP contribution is 2.44. The molecule has 32 heavy (non-hydrogen) atoms. The number of carbonyl (C=O) groups is 2. The standard InChI is InChI=1S/C23H24N2O6S/c1-4-24-18-11-10-17(15-7-6-8-16(22(15)18)23(24)27)25(32(28)29)19(13-21(26)30-5-2)20-12-9-14(3)31-20/h6-12,19H,4-5,13H2,1-3H3,(H,28,29). The lowest BCUT2D eigenvalue weighted by Gasteiger charge is -2.29. The van der Waals surface area contributed by atoms with Crippen molar-refractivity contribution in [3.05, 3.63) is 59.5 Å². The topological polar surface area (TPSA) is 100 Å². The average Bonchev–Trinajstić information content (AvgIpc) is 3.31. The van der Waals surface area contributed by atoms with Gasteiger partial charge in [0.1, 0.15) is 17.6 Å². The first kappa shape index (κ1) is 22.0. The van der Waals surface area contributed by atoms with Gasteiger partial charge in [0.15, 0.2) is 0 Å². The summed E-state index contributed by atoms with van der Waals surface area (Å²) >= 11 is -2.50. The van der Waals surface area contributed by atoms with Crippen LogP contribution in [0.25, 0.3) is 10.8 Å². The molecule has 1 N–H and O–H groups in total. The van der Waals surface area contributed by atoms with E-state index in [0.717, 1.165) is 11.1 Å². The maximum atomic E-state index is 12.8. The Morgan fingerprint density at radius 3 is 2.62 bits per heavy atom. The largest absolute Gasteiger partial charge is 0.466 e. The number of nitrogens with zero attached hydrogens (tertiary/aromatic N) is 2. The van der Waals surface area contributed by atoms with E-state index in [0.29, 0.717) is 34.7 Å². The summed E-state index contributed by atoms with van der Waals surface area (Å²) in [5.41, 5.74) is 1.72. The molecule has 2 atom stereocenters.